The summed E-state index contributed by atoms with van der Waals surface area (Å²) in [6.45, 7) is 3.90. The topological polar surface area (TPSA) is 79.8 Å². The predicted octanol–water partition coefficient (Wildman–Crippen LogP) is 5.26. The van der Waals surface area contributed by atoms with Crippen molar-refractivity contribution in [2.75, 3.05) is 10.6 Å². The second-order valence-corrected chi connectivity index (χ2v) is 9.06. The molecule has 0 aliphatic rings. The van der Waals surface area contributed by atoms with Gasteiger partial charge in [-0.05, 0) is 55.8 Å². The summed E-state index contributed by atoms with van der Waals surface area (Å²) in [5.41, 5.74) is 3.74. The Bertz CT molecular complexity index is 1160. The fraction of sp³-hybridized carbons (Fsp3) is 0.143. The number of rotatable bonds is 6. The molecule has 0 saturated heterocycles. The summed E-state index contributed by atoms with van der Waals surface area (Å²) in [7, 11) is 0. The highest BCUT2D eigenvalue weighted by Gasteiger charge is 2.18. The molecule has 29 heavy (non-hydrogen) atoms. The van der Waals surface area contributed by atoms with Gasteiger partial charge in [0.15, 0.2) is 4.34 Å². The lowest BCUT2D eigenvalue weighted by Crippen LogP contribution is -2.22. The van der Waals surface area contributed by atoms with E-state index in [2.05, 4.69) is 25.8 Å². The van der Waals surface area contributed by atoms with Gasteiger partial charge in [0.05, 0.1) is 16.5 Å². The number of carbonyl (C=O) groups is 1. The highest BCUT2D eigenvalue weighted by atomic mass is 32.2. The van der Waals surface area contributed by atoms with Crippen molar-refractivity contribution in [3.05, 3.63) is 66.4 Å². The van der Waals surface area contributed by atoms with Gasteiger partial charge in [-0.15, -0.1) is 10.2 Å². The number of nitrogens with one attached hydrogen (secondary N) is 2. The van der Waals surface area contributed by atoms with E-state index >= 15 is 0 Å². The van der Waals surface area contributed by atoms with Gasteiger partial charge in [0.2, 0.25) is 11.0 Å². The monoisotopic (exact) mass is 421 g/mol. The fourth-order valence-corrected chi connectivity index (χ4v) is 4.72. The number of nitrogens with zero attached hydrogens (tertiary/aromatic N) is 3. The zero-order valence-electron chi connectivity index (χ0n) is 15.9. The van der Waals surface area contributed by atoms with E-state index in [4.69, 9.17) is 0 Å². The molecule has 0 fully saturated rings. The number of hydrogen-bond acceptors (Lipinski definition) is 7. The van der Waals surface area contributed by atoms with Crippen molar-refractivity contribution < 1.29 is 4.79 Å². The van der Waals surface area contributed by atoms with Crippen LogP contribution in [0.4, 0.5) is 16.5 Å². The lowest BCUT2D eigenvalue weighted by atomic mass is 10.2. The summed E-state index contributed by atoms with van der Waals surface area (Å²) in [6, 6.07) is 17.6. The SMILES string of the molecule is Cc1cccc(Nc2nnc(SC(C)C(=O)Nc3cccc4ncccc34)s2)c1. The predicted molar refractivity (Wildman–Crippen MR) is 120 cm³/mol. The van der Waals surface area contributed by atoms with E-state index in [0.717, 1.165) is 26.6 Å². The molecule has 4 aromatic rings. The van der Waals surface area contributed by atoms with Crippen LogP contribution in [0.5, 0.6) is 0 Å². The maximum Gasteiger partial charge on any atom is 0.237 e. The highest BCUT2D eigenvalue weighted by Crippen LogP contribution is 2.31. The quantitative estimate of drug-likeness (QED) is 0.414. The molecule has 2 aromatic carbocycles. The molecule has 0 bridgehead atoms. The molecule has 4 rings (SSSR count). The van der Waals surface area contributed by atoms with Crippen LogP contribution < -0.4 is 10.6 Å². The van der Waals surface area contributed by atoms with Crippen LogP contribution >= 0.6 is 23.1 Å². The van der Waals surface area contributed by atoms with Crippen molar-refractivity contribution in [3.63, 3.8) is 0 Å². The van der Waals surface area contributed by atoms with Gasteiger partial charge in [-0.1, -0.05) is 41.3 Å². The van der Waals surface area contributed by atoms with Crippen LogP contribution in [0.15, 0.2) is 65.1 Å². The van der Waals surface area contributed by atoms with Crippen LogP contribution in [-0.2, 0) is 4.79 Å². The number of pyridine rings is 1. The van der Waals surface area contributed by atoms with Crippen LogP contribution in [0.1, 0.15) is 12.5 Å². The molecule has 0 radical (unpaired) electrons. The van der Waals surface area contributed by atoms with E-state index in [9.17, 15) is 4.79 Å². The normalized spacial score (nSPS) is 11.9. The van der Waals surface area contributed by atoms with E-state index in [1.807, 2.05) is 68.4 Å². The lowest BCUT2D eigenvalue weighted by Gasteiger charge is -2.12. The summed E-state index contributed by atoms with van der Waals surface area (Å²) in [5.74, 6) is -0.0882. The molecule has 0 aliphatic heterocycles. The summed E-state index contributed by atoms with van der Waals surface area (Å²) in [6.07, 6.45) is 1.74. The molecule has 1 atom stereocenters. The average molecular weight is 422 g/mol. The van der Waals surface area contributed by atoms with Gasteiger partial charge in [0.1, 0.15) is 0 Å². The van der Waals surface area contributed by atoms with Crippen LogP contribution in [0, 0.1) is 6.92 Å². The van der Waals surface area contributed by atoms with Gasteiger partial charge in [-0.25, -0.2) is 0 Å². The summed E-state index contributed by atoms with van der Waals surface area (Å²) in [4.78, 5) is 17.0. The van der Waals surface area contributed by atoms with Gasteiger partial charge >= 0.3 is 0 Å². The molecule has 0 aliphatic carbocycles. The molecule has 0 spiro atoms. The van der Waals surface area contributed by atoms with E-state index in [0.29, 0.717) is 5.13 Å². The first-order valence-corrected chi connectivity index (χ1v) is 10.8. The molecule has 0 saturated carbocycles. The minimum atomic E-state index is -0.318. The van der Waals surface area contributed by atoms with Gasteiger partial charge in [-0.2, -0.15) is 0 Å². The molecule has 2 heterocycles. The third-order valence-electron chi connectivity index (χ3n) is 4.23. The van der Waals surface area contributed by atoms with E-state index in [1.165, 1.54) is 28.7 Å². The van der Waals surface area contributed by atoms with Crippen LogP contribution in [0.3, 0.4) is 0 Å². The van der Waals surface area contributed by atoms with Crippen LogP contribution in [0.25, 0.3) is 10.9 Å². The Hall–Kier alpha value is -2.97. The first-order valence-electron chi connectivity index (χ1n) is 9.07. The van der Waals surface area contributed by atoms with Crippen molar-refractivity contribution in [1.82, 2.24) is 15.2 Å². The van der Waals surface area contributed by atoms with E-state index in [1.54, 1.807) is 6.20 Å². The Balaban J connectivity index is 1.40. The Labute approximate surface area is 176 Å². The third-order valence-corrected chi connectivity index (χ3v) is 6.25. The molecule has 2 N–H and O–H groups in total. The number of anilines is 3. The number of aryl methyl sites for hydroxylation is 1. The number of fused-ring (bicyclic) bond motifs is 1. The van der Waals surface area contributed by atoms with Crippen LogP contribution in [0.2, 0.25) is 0 Å². The van der Waals surface area contributed by atoms with Gasteiger partial charge < -0.3 is 10.6 Å². The molecular weight excluding hydrogens is 402 g/mol. The van der Waals surface area contributed by atoms with Crippen molar-refractivity contribution in [1.29, 1.82) is 0 Å². The Morgan fingerprint density at radius 2 is 1.97 bits per heavy atom. The van der Waals surface area contributed by atoms with Gasteiger partial charge in [0.25, 0.3) is 0 Å². The highest BCUT2D eigenvalue weighted by molar-refractivity contribution is 8.02. The maximum absolute atomic E-state index is 12.7. The average Bonchev–Trinajstić information content (AvgIpc) is 3.15. The molecule has 6 nitrogen and oxygen atoms in total. The van der Waals surface area contributed by atoms with Gasteiger partial charge in [0, 0.05) is 17.3 Å². The van der Waals surface area contributed by atoms with Crippen molar-refractivity contribution in [3.8, 4) is 0 Å². The second-order valence-electron chi connectivity index (χ2n) is 6.49. The molecule has 1 amide bonds. The third kappa shape index (κ3) is 4.72. The van der Waals surface area contributed by atoms with Crippen molar-refractivity contribution in [2.45, 2.75) is 23.4 Å². The number of aromatic nitrogens is 3. The fourth-order valence-electron chi connectivity index (χ4n) is 2.81. The van der Waals surface area contributed by atoms with E-state index < -0.39 is 0 Å². The van der Waals surface area contributed by atoms with Gasteiger partial charge in [-0.3, -0.25) is 9.78 Å². The van der Waals surface area contributed by atoms with Crippen molar-refractivity contribution in [2.24, 2.45) is 0 Å². The summed E-state index contributed by atoms with van der Waals surface area (Å²) < 4.78 is 0.738. The maximum atomic E-state index is 12.7. The number of hydrogen-bond donors (Lipinski definition) is 2. The summed E-state index contributed by atoms with van der Waals surface area (Å²) >= 11 is 2.82. The Morgan fingerprint density at radius 1 is 1.10 bits per heavy atom. The first kappa shape index (κ1) is 19.4. The second kappa shape index (κ2) is 8.59. The molecular formula is C21H19N5OS2. The zero-order valence-corrected chi connectivity index (χ0v) is 17.6. The number of thioether (sulfide) groups is 1. The zero-order chi connectivity index (χ0) is 20.2. The number of benzene rings is 2. The molecule has 1 unspecified atom stereocenters. The first-order chi connectivity index (χ1) is 14.1. The number of carbonyl (C=O) groups excluding carboxylic acids is 1. The number of amides is 1. The molecule has 8 heteroatoms. The standard InChI is InChI=1S/C21H19N5OS2/c1-13-6-3-7-15(12-13)23-20-25-26-21(29-20)28-14(2)19(27)24-18-10-4-9-17-16(18)8-5-11-22-17/h3-12,14H,1-2H3,(H,23,25)(H,24,27). The Kier molecular flexibility index (Phi) is 5.73. The molecule has 146 valence electrons. The van der Waals surface area contributed by atoms with E-state index in [-0.39, 0.29) is 11.2 Å². The summed E-state index contributed by atoms with van der Waals surface area (Å²) in [5, 5.41) is 15.9. The Morgan fingerprint density at radius 3 is 2.83 bits per heavy atom. The minimum Gasteiger partial charge on any atom is -0.330 e. The van der Waals surface area contributed by atoms with Crippen LogP contribution in [-0.4, -0.2) is 26.3 Å². The smallest absolute Gasteiger partial charge is 0.237 e. The van der Waals surface area contributed by atoms with Crippen molar-refractivity contribution >= 4 is 56.4 Å². The lowest BCUT2D eigenvalue weighted by molar-refractivity contribution is -0.115. The largest absolute Gasteiger partial charge is 0.330 e. The molecule has 2 aromatic heterocycles. The minimum absolute atomic E-state index is 0.0882.